The van der Waals surface area contributed by atoms with E-state index < -0.39 is 0 Å². The van der Waals surface area contributed by atoms with Crippen LogP contribution in [0.15, 0.2) is 53.1 Å². The fourth-order valence-corrected chi connectivity index (χ4v) is 2.74. The van der Waals surface area contributed by atoms with Gasteiger partial charge in [-0.05, 0) is 57.7 Å². The third-order valence-corrected chi connectivity index (χ3v) is 3.98. The lowest BCUT2D eigenvalue weighted by Gasteiger charge is -2.08. The van der Waals surface area contributed by atoms with Crippen molar-refractivity contribution in [2.45, 2.75) is 0 Å². The first-order chi connectivity index (χ1) is 10.0. The minimum absolute atomic E-state index is 0.282. The smallest absolute Gasteiger partial charge is 0.256 e. The van der Waals surface area contributed by atoms with Crippen molar-refractivity contribution in [3.05, 3.63) is 64.5 Å². The lowest BCUT2D eigenvalue weighted by molar-refractivity contribution is 0.102. The van der Waals surface area contributed by atoms with Gasteiger partial charge in [-0.25, -0.2) is 4.39 Å². The number of hydrogen-bond acceptors (Lipinski definition) is 1. The number of aryl methyl sites for hydroxylation is 1. The van der Waals surface area contributed by atoms with Crippen LogP contribution in [0, 0.1) is 5.82 Å². The molecule has 0 unspecified atom stereocenters. The molecular weight excluding hydrogens is 335 g/mol. The van der Waals surface area contributed by atoms with Crippen molar-refractivity contribution in [3.63, 3.8) is 0 Å². The summed E-state index contributed by atoms with van der Waals surface area (Å²) in [6.07, 6.45) is 1.97. The van der Waals surface area contributed by atoms with Gasteiger partial charge in [-0.2, -0.15) is 0 Å². The van der Waals surface area contributed by atoms with E-state index in [2.05, 4.69) is 21.2 Å². The number of amides is 1. The molecular formula is C16H12BrFN2O. The number of nitrogens with one attached hydrogen (secondary N) is 1. The van der Waals surface area contributed by atoms with Gasteiger partial charge >= 0.3 is 0 Å². The summed E-state index contributed by atoms with van der Waals surface area (Å²) >= 11 is 3.20. The molecule has 0 fully saturated rings. The van der Waals surface area contributed by atoms with Crippen LogP contribution >= 0.6 is 15.9 Å². The number of nitrogens with zero attached hydrogens (tertiary/aromatic N) is 1. The molecule has 1 amide bonds. The maximum absolute atomic E-state index is 13.1. The van der Waals surface area contributed by atoms with Gasteiger partial charge in [0, 0.05) is 28.9 Å². The SMILES string of the molecule is Cn1ccc2ccc(NC(=O)c3ccc(F)cc3Br)cc21. The van der Waals surface area contributed by atoms with Crippen molar-refractivity contribution in [2.24, 2.45) is 7.05 Å². The summed E-state index contributed by atoms with van der Waals surface area (Å²) in [5.41, 5.74) is 2.12. The van der Waals surface area contributed by atoms with E-state index in [1.807, 2.05) is 42.1 Å². The third-order valence-electron chi connectivity index (χ3n) is 3.32. The van der Waals surface area contributed by atoms with Gasteiger partial charge in [0.15, 0.2) is 0 Å². The molecule has 3 nitrogen and oxygen atoms in total. The Morgan fingerprint density at radius 3 is 2.76 bits per heavy atom. The Bertz CT molecular complexity index is 841. The molecule has 3 aromatic rings. The van der Waals surface area contributed by atoms with Crippen molar-refractivity contribution in [1.29, 1.82) is 0 Å². The van der Waals surface area contributed by atoms with Gasteiger partial charge < -0.3 is 9.88 Å². The van der Waals surface area contributed by atoms with Crippen molar-refractivity contribution in [2.75, 3.05) is 5.32 Å². The molecule has 0 atom stereocenters. The summed E-state index contributed by atoms with van der Waals surface area (Å²) in [6, 6.07) is 11.7. The number of fused-ring (bicyclic) bond motifs is 1. The number of carbonyl (C=O) groups is 1. The summed E-state index contributed by atoms with van der Waals surface area (Å²) in [4.78, 5) is 12.2. The second-order valence-electron chi connectivity index (χ2n) is 4.78. The van der Waals surface area contributed by atoms with E-state index in [4.69, 9.17) is 0 Å². The Balaban J connectivity index is 1.90. The van der Waals surface area contributed by atoms with E-state index in [-0.39, 0.29) is 11.7 Å². The van der Waals surface area contributed by atoms with E-state index in [9.17, 15) is 9.18 Å². The first kappa shape index (κ1) is 13.8. The van der Waals surface area contributed by atoms with Crippen molar-refractivity contribution in [1.82, 2.24) is 4.57 Å². The molecule has 0 saturated heterocycles. The minimum Gasteiger partial charge on any atom is -0.350 e. The van der Waals surface area contributed by atoms with Crippen molar-refractivity contribution >= 4 is 38.4 Å². The monoisotopic (exact) mass is 346 g/mol. The number of benzene rings is 2. The van der Waals surface area contributed by atoms with Gasteiger partial charge in [0.2, 0.25) is 0 Å². The van der Waals surface area contributed by atoms with Crippen LogP contribution in [0.4, 0.5) is 10.1 Å². The molecule has 0 aliphatic carbocycles. The molecule has 2 aromatic carbocycles. The highest BCUT2D eigenvalue weighted by atomic mass is 79.9. The van der Waals surface area contributed by atoms with Crippen LogP contribution < -0.4 is 5.32 Å². The molecule has 0 bridgehead atoms. The van der Waals surface area contributed by atoms with Gasteiger partial charge in [0.05, 0.1) is 5.56 Å². The average Bonchev–Trinajstić information content (AvgIpc) is 2.80. The number of aromatic nitrogens is 1. The van der Waals surface area contributed by atoms with E-state index in [0.29, 0.717) is 15.7 Å². The molecule has 0 aliphatic heterocycles. The number of carbonyl (C=O) groups excluding carboxylic acids is 1. The Morgan fingerprint density at radius 1 is 1.19 bits per heavy atom. The topological polar surface area (TPSA) is 34.0 Å². The van der Waals surface area contributed by atoms with E-state index in [0.717, 1.165) is 10.9 Å². The molecule has 1 heterocycles. The largest absolute Gasteiger partial charge is 0.350 e. The van der Waals surface area contributed by atoms with Gasteiger partial charge in [0.1, 0.15) is 5.82 Å². The minimum atomic E-state index is -0.386. The summed E-state index contributed by atoms with van der Waals surface area (Å²) in [7, 11) is 1.95. The second kappa shape index (κ2) is 5.33. The molecule has 106 valence electrons. The first-order valence-corrected chi connectivity index (χ1v) is 7.15. The maximum Gasteiger partial charge on any atom is 0.256 e. The Kier molecular flexibility index (Phi) is 3.51. The van der Waals surface area contributed by atoms with Gasteiger partial charge in [0.25, 0.3) is 5.91 Å². The Hall–Kier alpha value is -2.14. The summed E-state index contributed by atoms with van der Waals surface area (Å²) in [5, 5.41) is 3.93. The average molecular weight is 347 g/mol. The normalized spacial score (nSPS) is 10.8. The fourth-order valence-electron chi connectivity index (χ4n) is 2.21. The third kappa shape index (κ3) is 2.69. The Labute approximate surface area is 129 Å². The number of anilines is 1. The maximum atomic E-state index is 13.1. The zero-order valence-electron chi connectivity index (χ0n) is 11.2. The molecule has 0 aliphatic rings. The van der Waals surface area contributed by atoms with Gasteiger partial charge in [-0.3, -0.25) is 4.79 Å². The van der Waals surface area contributed by atoms with Crippen LogP contribution in [-0.2, 0) is 7.05 Å². The van der Waals surface area contributed by atoms with Crippen molar-refractivity contribution in [3.8, 4) is 0 Å². The molecule has 0 spiro atoms. The standard InChI is InChI=1S/C16H12BrFN2O/c1-20-7-6-10-2-4-12(9-15(10)20)19-16(21)13-5-3-11(18)8-14(13)17/h2-9H,1H3,(H,19,21). The van der Waals surface area contributed by atoms with Gasteiger partial charge in [-0.1, -0.05) is 6.07 Å². The molecule has 3 rings (SSSR count). The van der Waals surface area contributed by atoms with Gasteiger partial charge in [-0.15, -0.1) is 0 Å². The molecule has 1 aromatic heterocycles. The number of halogens is 2. The van der Waals surface area contributed by atoms with Crippen LogP contribution in [0.5, 0.6) is 0 Å². The number of rotatable bonds is 2. The van der Waals surface area contributed by atoms with Crippen molar-refractivity contribution < 1.29 is 9.18 Å². The zero-order valence-corrected chi connectivity index (χ0v) is 12.8. The second-order valence-corrected chi connectivity index (χ2v) is 5.63. The van der Waals surface area contributed by atoms with Crippen LogP contribution in [0.2, 0.25) is 0 Å². The Morgan fingerprint density at radius 2 is 2.00 bits per heavy atom. The highest BCUT2D eigenvalue weighted by Crippen LogP contribution is 2.22. The van der Waals surface area contributed by atoms with Crippen LogP contribution in [0.3, 0.4) is 0 Å². The van der Waals surface area contributed by atoms with E-state index >= 15 is 0 Å². The van der Waals surface area contributed by atoms with Crippen LogP contribution in [0.1, 0.15) is 10.4 Å². The lowest BCUT2D eigenvalue weighted by atomic mass is 10.2. The molecule has 0 radical (unpaired) electrons. The summed E-state index contributed by atoms with van der Waals surface area (Å²) < 4.78 is 15.5. The predicted molar refractivity (Wildman–Crippen MR) is 85.0 cm³/mol. The summed E-state index contributed by atoms with van der Waals surface area (Å²) in [5.74, 6) is -0.668. The molecule has 21 heavy (non-hydrogen) atoms. The molecule has 1 N–H and O–H groups in total. The summed E-state index contributed by atoms with van der Waals surface area (Å²) in [6.45, 7) is 0. The predicted octanol–water partition coefficient (Wildman–Crippen LogP) is 4.33. The van der Waals surface area contributed by atoms with E-state index in [1.165, 1.54) is 18.2 Å². The quantitative estimate of drug-likeness (QED) is 0.736. The first-order valence-electron chi connectivity index (χ1n) is 6.36. The van der Waals surface area contributed by atoms with Crippen LogP contribution in [-0.4, -0.2) is 10.5 Å². The highest BCUT2D eigenvalue weighted by molar-refractivity contribution is 9.10. The lowest BCUT2D eigenvalue weighted by Crippen LogP contribution is -2.12. The van der Waals surface area contributed by atoms with Crippen LogP contribution in [0.25, 0.3) is 10.9 Å². The highest BCUT2D eigenvalue weighted by Gasteiger charge is 2.11. The fraction of sp³-hybridized carbons (Fsp3) is 0.0625. The molecule has 5 heteroatoms. The zero-order chi connectivity index (χ0) is 15.0. The van der Waals surface area contributed by atoms with E-state index in [1.54, 1.807) is 0 Å². The molecule has 0 saturated carbocycles. The number of hydrogen-bond donors (Lipinski definition) is 1.